The lowest BCUT2D eigenvalue weighted by atomic mass is 9.99. The van der Waals surface area contributed by atoms with Crippen LogP contribution in [0.15, 0.2) is 23.3 Å². The van der Waals surface area contributed by atoms with Crippen LogP contribution in [-0.2, 0) is 0 Å². The molecule has 0 saturated carbocycles. The maximum Gasteiger partial charge on any atom is 0.293 e. The molecule has 110 valence electrons. The number of nitrogens with one attached hydrogen (secondary N) is 1. The summed E-state index contributed by atoms with van der Waals surface area (Å²) in [5, 5.41) is 11.6. The number of nitrogens with zero attached hydrogens (tertiary/aromatic N) is 3. The number of nitro benzene ring substituents is 1. The van der Waals surface area contributed by atoms with Crippen LogP contribution in [0.4, 0.5) is 11.4 Å². The summed E-state index contributed by atoms with van der Waals surface area (Å²) in [5.74, 6) is 0.501. The Balaban J connectivity index is 2.18. The number of rotatable bonds is 2. The third-order valence-electron chi connectivity index (χ3n) is 3.93. The van der Waals surface area contributed by atoms with Gasteiger partial charge in [-0.3, -0.25) is 14.9 Å². The molecule has 1 aromatic carbocycles. The van der Waals surface area contributed by atoms with Gasteiger partial charge in [0.25, 0.3) is 11.2 Å². The highest BCUT2D eigenvalue weighted by Gasteiger charge is 2.25. The van der Waals surface area contributed by atoms with Gasteiger partial charge in [0.15, 0.2) is 0 Å². The van der Waals surface area contributed by atoms with Gasteiger partial charge >= 0.3 is 0 Å². The zero-order valence-corrected chi connectivity index (χ0v) is 11.7. The number of benzene rings is 1. The summed E-state index contributed by atoms with van der Waals surface area (Å²) in [7, 11) is 0. The molecular formula is C14H16N4O3. The first-order chi connectivity index (χ1) is 10.1. The molecule has 2 aromatic rings. The first-order valence-corrected chi connectivity index (χ1v) is 6.97. The van der Waals surface area contributed by atoms with Gasteiger partial charge in [-0.25, -0.2) is 4.98 Å². The lowest BCUT2D eigenvalue weighted by Gasteiger charge is -2.32. The summed E-state index contributed by atoms with van der Waals surface area (Å²) in [4.78, 5) is 31.3. The van der Waals surface area contributed by atoms with E-state index < -0.39 is 4.92 Å². The third kappa shape index (κ3) is 2.46. The maximum absolute atomic E-state index is 11.8. The molecule has 1 atom stereocenters. The van der Waals surface area contributed by atoms with Crippen molar-refractivity contribution >= 4 is 22.3 Å². The highest BCUT2D eigenvalue weighted by molar-refractivity contribution is 5.87. The molecule has 1 fully saturated rings. The Labute approximate surface area is 120 Å². The van der Waals surface area contributed by atoms with E-state index in [1.165, 1.54) is 12.4 Å². The van der Waals surface area contributed by atoms with E-state index in [0.29, 0.717) is 17.1 Å². The van der Waals surface area contributed by atoms with Crippen molar-refractivity contribution < 1.29 is 4.92 Å². The second-order valence-corrected chi connectivity index (χ2v) is 5.54. The van der Waals surface area contributed by atoms with Gasteiger partial charge < -0.3 is 9.88 Å². The Morgan fingerprint density at radius 3 is 3.00 bits per heavy atom. The Kier molecular flexibility index (Phi) is 3.32. The summed E-state index contributed by atoms with van der Waals surface area (Å²) in [6.07, 6.45) is 3.47. The number of fused-ring (bicyclic) bond motifs is 1. The van der Waals surface area contributed by atoms with E-state index in [4.69, 9.17) is 0 Å². The summed E-state index contributed by atoms with van der Waals surface area (Å²) < 4.78 is 0. The Bertz CT molecular complexity index is 755. The first kappa shape index (κ1) is 13.5. The number of piperidine rings is 1. The van der Waals surface area contributed by atoms with Gasteiger partial charge in [-0.05, 0) is 24.8 Å². The van der Waals surface area contributed by atoms with Gasteiger partial charge in [0.1, 0.15) is 5.69 Å². The standard InChI is InChI=1S/C14H16N4O3/c1-9-3-2-4-17(7-9)12-6-11-10(5-13(12)18(20)21)14(19)16-8-15-11/h5-6,8-9H,2-4,7H2,1H3,(H,15,16,19). The fraction of sp³-hybridized carbons (Fsp3) is 0.429. The molecule has 0 amide bonds. The van der Waals surface area contributed by atoms with Crippen LogP contribution < -0.4 is 10.5 Å². The zero-order valence-electron chi connectivity index (χ0n) is 11.7. The van der Waals surface area contributed by atoms with Crippen LogP contribution in [0.1, 0.15) is 19.8 Å². The van der Waals surface area contributed by atoms with Crippen molar-refractivity contribution in [1.82, 2.24) is 9.97 Å². The van der Waals surface area contributed by atoms with Gasteiger partial charge in [-0.15, -0.1) is 0 Å². The number of aromatic nitrogens is 2. The molecule has 0 aliphatic carbocycles. The second kappa shape index (κ2) is 5.16. The average molecular weight is 288 g/mol. The molecule has 1 saturated heterocycles. The highest BCUT2D eigenvalue weighted by Crippen LogP contribution is 2.33. The van der Waals surface area contributed by atoms with Crippen LogP contribution in [0.25, 0.3) is 10.9 Å². The minimum atomic E-state index is -0.430. The van der Waals surface area contributed by atoms with E-state index in [-0.39, 0.29) is 16.6 Å². The average Bonchev–Trinajstić information content (AvgIpc) is 2.46. The minimum absolute atomic E-state index is 0.0323. The summed E-state index contributed by atoms with van der Waals surface area (Å²) >= 11 is 0. The smallest absolute Gasteiger partial charge is 0.293 e. The summed E-state index contributed by atoms with van der Waals surface area (Å²) in [6, 6.07) is 2.98. The lowest BCUT2D eigenvalue weighted by molar-refractivity contribution is -0.384. The van der Waals surface area contributed by atoms with Crippen LogP contribution in [0.3, 0.4) is 0 Å². The van der Waals surface area contributed by atoms with Crippen LogP contribution >= 0.6 is 0 Å². The number of hydrogen-bond acceptors (Lipinski definition) is 5. The molecule has 0 spiro atoms. The van der Waals surface area contributed by atoms with Gasteiger partial charge in [0.2, 0.25) is 0 Å². The van der Waals surface area contributed by atoms with Crippen molar-refractivity contribution in [2.75, 3.05) is 18.0 Å². The SMILES string of the molecule is CC1CCCN(c2cc3nc[nH]c(=O)c3cc2[N+](=O)[O-])C1. The van der Waals surface area contributed by atoms with E-state index in [0.717, 1.165) is 25.9 Å². The van der Waals surface area contributed by atoms with Gasteiger partial charge in [-0.2, -0.15) is 0 Å². The monoisotopic (exact) mass is 288 g/mol. The lowest BCUT2D eigenvalue weighted by Crippen LogP contribution is -2.34. The van der Waals surface area contributed by atoms with Crippen molar-refractivity contribution in [2.45, 2.75) is 19.8 Å². The Morgan fingerprint density at radius 2 is 2.29 bits per heavy atom. The fourth-order valence-electron chi connectivity index (χ4n) is 2.90. The van der Waals surface area contributed by atoms with Crippen LogP contribution in [0, 0.1) is 16.0 Å². The molecular weight excluding hydrogens is 272 g/mol. The van der Waals surface area contributed by atoms with Gasteiger partial charge in [0, 0.05) is 19.2 Å². The first-order valence-electron chi connectivity index (χ1n) is 6.97. The van der Waals surface area contributed by atoms with Crippen LogP contribution in [-0.4, -0.2) is 28.0 Å². The zero-order chi connectivity index (χ0) is 15.0. The predicted octanol–water partition coefficient (Wildman–Crippen LogP) is 2.07. The number of hydrogen-bond donors (Lipinski definition) is 1. The predicted molar refractivity (Wildman–Crippen MR) is 79.6 cm³/mol. The molecule has 21 heavy (non-hydrogen) atoms. The molecule has 2 heterocycles. The fourth-order valence-corrected chi connectivity index (χ4v) is 2.90. The molecule has 1 N–H and O–H groups in total. The van der Waals surface area contributed by atoms with E-state index in [2.05, 4.69) is 16.9 Å². The molecule has 3 rings (SSSR count). The van der Waals surface area contributed by atoms with Crippen molar-refractivity contribution in [3.63, 3.8) is 0 Å². The number of anilines is 1. The summed E-state index contributed by atoms with van der Waals surface area (Å²) in [6.45, 7) is 3.72. The normalized spacial score (nSPS) is 18.9. The molecule has 1 unspecified atom stereocenters. The molecule has 7 nitrogen and oxygen atoms in total. The van der Waals surface area contributed by atoms with Crippen molar-refractivity contribution in [3.8, 4) is 0 Å². The van der Waals surface area contributed by atoms with E-state index in [1.54, 1.807) is 6.07 Å². The molecule has 1 aliphatic rings. The minimum Gasteiger partial charge on any atom is -0.366 e. The summed E-state index contributed by atoms with van der Waals surface area (Å²) in [5.41, 5.74) is 0.645. The Hall–Kier alpha value is -2.44. The molecule has 1 aliphatic heterocycles. The number of aromatic amines is 1. The van der Waals surface area contributed by atoms with E-state index >= 15 is 0 Å². The van der Waals surface area contributed by atoms with Crippen molar-refractivity contribution in [1.29, 1.82) is 0 Å². The molecule has 7 heteroatoms. The third-order valence-corrected chi connectivity index (χ3v) is 3.93. The second-order valence-electron chi connectivity index (χ2n) is 5.54. The number of H-pyrrole nitrogens is 1. The van der Waals surface area contributed by atoms with Crippen molar-refractivity contribution in [3.05, 3.63) is 38.9 Å². The molecule has 1 aromatic heterocycles. The maximum atomic E-state index is 11.8. The van der Waals surface area contributed by atoms with Crippen molar-refractivity contribution in [2.24, 2.45) is 5.92 Å². The van der Waals surface area contributed by atoms with Gasteiger partial charge in [0.05, 0.1) is 22.2 Å². The molecule has 0 radical (unpaired) electrons. The quantitative estimate of drug-likeness (QED) is 0.674. The topological polar surface area (TPSA) is 92.1 Å². The number of nitro groups is 1. The van der Waals surface area contributed by atoms with E-state index in [1.807, 2.05) is 4.90 Å². The Morgan fingerprint density at radius 1 is 1.48 bits per heavy atom. The largest absolute Gasteiger partial charge is 0.366 e. The van der Waals surface area contributed by atoms with Gasteiger partial charge in [-0.1, -0.05) is 6.92 Å². The van der Waals surface area contributed by atoms with E-state index in [9.17, 15) is 14.9 Å². The van der Waals surface area contributed by atoms with Crippen LogP contribution in [0.5, 0.6) is 0 Å². The highest BCUT2D eigenvalue weighted by atomic mass is 16.6. The van der Waals surface area contributed by atoms with Crippen LogP contribution in [0.2, 0.25) is 0 Å². The molecule has 0 bridgehead atoms.